The van der Waals surface area contributed by atoms with E-state index >= 15 is 0 Å². The van der Waals surface area contributed by atoms with Crippen molar-refractivity contribution in [3.8, 4) is 11.5 Å². The molecule has 0 spiro atoms. The molecule has 4 saturated carbocycles. The highest BCUT2D eigenvalue weighted by Crippen LogP contribution is 2.60. The maximum Gasteiger partial charge on any atom is 0.247 e. The van der Waals surface area contributed by atoms with Crippen LogP contribution in [0.4, 0.5) is 0 Å². The summed E-state index contributed by atoms with van der Waals surface area (Å²) in [6, 6.07) is 7.62. The van der Waals surface area contributed by atoms with Gasteiger partial charge in [0, 0.05) is 16.0 Å². The zero-order valence-corrected chi connectivity index (χ0v) is 13.2. The van der Waals surface area contributed by atoms with E-state index in [9.17, 15) is 0 Å². The van der Waals surface area contributed by atoms with E-state index in [1.165, 1.54) is 38.5 Å². The van der Waals surface area contributed by atoms with Gasteiger partial charge in [0.2, 0.25) is 11.8 Å². The van der Waals surface area contributed by atoms with Crippen molar-refractivity contribution in [3.63, 3.8) is 0 Å². The summed E-state index contributed by atoms with van der Waals surface area (Å²) in [5, 5.41) is 9.50. The van der Waals surface area contributed by atoms with Crippen molar-refractivity contribution < 1.29 is 4.42 Å². The van der Waals surface area contributed by atoms with E-state index in [2.05, 4.69) is 10.2 Å². The molecule has 4 bridgehead atoms. The highest BCUT2D eigenvalue weighted by Gasteiger charge is 2.54. The summed E-state index contributed by atoms with van der Waals surface area (Å²) < 4.78 is 6.13. The van der Waals surface area contributed by atoms with Gasteiger partial charge in [-0.2, -0.15) is 0 Å². The van der Waals surface area contributed by atoms with Gasteiger partial charge >= 0.3 is 0 Å². The summed E-state index contributed by atoms with van der Waals surface area (Å²) in [6.45, 7) is 0. The first-order valence-corrected chi connectivity index (χ1v) is 8.68. The van der Waals surface area contributed by atoms with Gasteiger partial charge in [-0.1, -0.05) is 11.6 Å². The fraction of sp³-hybridized carbons (Fsp3) is 0.556. The van der Waals surface area contributed by atoms with Crippen molar-refractivity contribution in [2.24, 2.45) is 17.8 Å². The highest BCUT2D eigenvalue weighted by atomic mass is 35.5. The molecule has 4 aliphatic carbocycles. The third-order valence-corrected chi connectivity index (χ3v) is 6.26. The van der Waals surface area contributed by atoms with Gasteiger partial charge in [0.25, 0.3) is 0 Å². The van der Waals surface area contributed by atoms with E-state index in [1.54, 1.807) is 0 Å². The Morgan fingerprint density at radius 2 is 1.50 bits per heavy atom. The van der Waals surface area contributed by atoms with Gasteiger partial charge in [0.15, 0.2) is 0 Å². The molecule has 4 fully saturated rings. The lowest BCUT2D eigenvalue weighted by molar-refractivity contribution is -0.0176. The minimum Gasteiger partial charge on any atom is -0.420 e. The fourth-order valence-electron chi connectivity index (χ4n) is 5.52. The first kappa shape index (κ1) is 13.1. The molecule has 0 unspecified atom stereocenters. The largest absolute Gasteiger partial charge is 0.420 e. The van der Waals surface area contributed by atoms with Gasteiger partial charge in [-0.05, 0) is 80.5 Å². The molecule has 0 N–H and O–H groups in total. The summed E-state index contributed by atoms with van der Waals surface area (Å²) >= 11 is 5.95. The van der Waals surface area contributed by atoms with Crippen LogP contribution in [0, 0.1) is 17.8 Å². The van der Waals surface area contributed by atoms with E-state index in [4.69, 9.17) is 16.0 Å². The predicted molar refractivity (Wildman–Crippen MR) is 84.6 cm³/mol. The van der Waals surface area contributed by atoms with Gasteiger partial charge < -0.3 is 4.42 Å². The lowest BCUT2D eigenvalue weighted by Crippen LogP contribution is -2.48. The van der Waals surface area contributed by atoms with Crippen LogP contribution in [0.1, 0.15) is 44.4 Å². The molecule has 3 nitrogen and oxygen atoms in total. The molecule has 1 aromatic carbocycles. The van der Waals surface area contributed by atoms with Crippen LogP contribution >= 0.6 is 11.6 Å². The van der Waals surface area contributed by atoms with Crippen LogP contribution in [0.3, 0.4) is 0 Å². The average Bonchev–Trinajstić information content (AvgIpc) is 2.97. The Kier molecular flexibility index (Phi) is 2.73. The molecular formula is C18H19ClN2O. The molecule has 2 aromatic rings. The molecule has 0 radical (unpaired) electrons. The molecule has 0 atom stereocenters. The molecule has 4 aliphatic rings. The molecule has 114 valence electrons. The zero-order valence-electron chi connectivity index (χ0n) is 12.5. The lowest BCUT2D eigenvalue weighted by Gasteiger charge is -2.55. The molecule has 0 aliphatic heterocycles. The molecule has 0 amide bonds. The van der Waals surface area contributed by atoms with Crippen molar-refractivity contribution in [1.29, 1.82) is 0 Å². The summed E-state index contributed by atoms with van der Waals surface area (Å²) in [6.07, 6.45) is 8.04. The Hall–Kier alpha value is -1.35. The van der Waals surface area contributed by atoms with Gasteiger partial charge in [0.1, 0.15) is 0 Å². The maximum atomic E-state index is 6.13. The van der Waals surface area contributed by atoms with Crippen molar-refractivity contribution in [1.82, 2.24) is 10.2 Å². The first-order valence-electron chi connectivity index (χ1n) is 8.30. The predicted octanol–water partition coefficient (Wildman–Crippen LogP) is 4.86. The van der Waals surface area contributed by atoms with Crippen LogP contribution in [-0.4, -0.2) is 10.2 Å². The molecule has 6 rings (SSSR count). The van der Waals surface area contributed by atoms with Crippen molar-refractivity contribution in [3.05, 3.63) is 35.2 Å². The Bertz CT molecular complexity index is 671. The van der Waals surface area contributed by atoms with E-state index in [1.807, 2.05) is 24.3 Å². The minimum atomic E-state index is 0.173. The van der Waals surface area contributed by atoms with E-state index in [0.717, 1.165) is 34.2 Å². The van der Waals surface area contributed by atoms with Crippen LogP contribution in [0.5, 0.6) is 0 Å². The van der Waals surface area contributed by atoms with Gasteiger partial charge in [-0.15, -0.1) is 10.2 Å². The highest BCUT2D eigenvalue weighted by molar-refractivity contribution is 6.30. The van der Waals surface area contributed by atoms with E-state index in [-0.39, 0.29) is 5.41 Å². The maximum absolute atomic E-state index is 6.13. The second-order valence-corrected chi connectivity index (χ2v) is 8.05. The summed E-state index contributed by atoms with van der Waals surface area (Å²) in [4.78, 5) is 0. The van der Waals surface area contributed by atoms with Crippen LogP contribution in [0.25, 0.3) is 11.5 Å². The van der Waals surface area contributed by atoms with Gasteiger partial charge in [-0.3, -0.25) is 0 Å². The lowest BCUT2D eigenvalue weighted by atomic mass is 9.49. The van der Waals surface area contributed by atoms with Crippen LogP contribution in [0.15, 0.2) is 28.7 Å². The molecule has 22 heavy (non-hydrogen) atoms. The second-order valence-electron chi connectivity index (χ2n) is 7.62. The van der Waals surface area contributed by atoms with Crippen LogP contribution in [0.2, 0.25) is 5.02 Å². The van der Waals surface area contributed by atoms with Crippen LogP contribution in [-0.2, 0) is 5.41 Å². The van der Waals surface area contributed by atoms with E-state index in [0.29, 0.717) is 5.89 Å². The Morgan fingerprint density at radius 1 is 0.909 bits per heavy atom. The quantitative estimate of drug-likeness (QED) is 0.794. The SMILES string of the molecule is Clc1ccc(-c2nnc(C34CC5CC(CC(C5)C3)C4)o2)cc1. The molecule has 1 aromatic heterocycles. The summed E-state index contributed by atoms with van der Waals surface area (Å²) in [5.41, 5.74) is 1.12. The van der Waals surface area contributed by atoms with Crippen molar-refractivity contribution in [2.75, 3.05) is 0 Å². The number of benzene rings is 1. The topological polar surface area (TPSA) is 38.9 Å². The second kappa shape index (κ2) is 4.58. The minimum absolute atomic E-state index is 0.173. The number of hydrogen-bond donors (Lipinski definition) is 0. The summed E-state index contributed by atoms with van der Waals surface area (Å²) in [5.74, 6) is 4.17. The number of nitrogens with zero attached hydrogens (tertiary/aromatic N) is 2. The van der Waals surface area contributed by atoms with Crippen LogP contribution < -0.4 is 0 Å². The number of halogens is 1. The van der Waals surface area contributed by atoms with Gasteiger partial charge in [0.05, 0.1) is 0 Å². The number of aromatic nitrogens is 2. The smallest absolute Gasteiger partial charge is 0.247 e. The first-order chi connectivity index (χ1) is 10.7. The van der Waals surface area contributed by atoms with Crippen molar-refractivity contribution in [2.45, 2.75) is 43.9 Å². The molecule has 0 saturated heterocycles. The average molecular weight is 315 g/mol. The monoisotopic (exact) mass is 314 g/mol. The summed E-state index contributed by atoms with van der Waals surface area (Å²) in [7, 11) is 0. The number of hydrogen-bond acceptors (Lipinski definition) is 3. The third-order valence-electron chi connectivity index (χ3n) is 6.01. The zero-order chi connectivity index (χ0) is 14.7. The Labute approximate surface area is 135 Å². The molecular weight excluding hydrogens is 296 g/mol. The fourth-order valence-corrected chi connectivity index (χ4v) is 5.65. The van der Waals surface area contributed by atoms with E-state index < -0.39 is 0 Å². The van der Waals surface area contributed by atoms with Gasteiger partial charge in [-0.25, -0.2) is 0 Å². The normalized spacial score (nSPS) is 36.0. The Morgan fingerprint density at radius 3 is 2.09 bits per heavy atom. The Balaban J connectivity index is 1.50. The standard InChI is InChI=1S/C18H19ClN2O/c19-15-3-1-14(2-4-15)16-20-21-17(22-16)18-8-11-5-12(9-18)7-13(6-11)10-18/h1-4,11-13H,5-10H2. The number of rotatable bonds is 2. The molecule has 4 heteroatoms. The molecule has 1 heterocycles. The van der Waals surface area contributed by atoms with Crippen molar-refractivity contribution >= 4 is 11.6 Å². The third kappa shape index (κ3) is 1.95.